The van der Waals surface area contributed by atoms with E-state index >= 15 is 0 Å². The van der Waals surface area contributed by atoms with Gasteiger partial charge in [-0.05, 0) is 37.3 Å². The van der Waals surface area contributed by atoms with Gasteiger partial charge in [-0.25, -0.2) is 18.8 Å². The van der Waals surface area contributed by atoms with Crippen molar-refractivity contribution in [2.45, 2.75) is 11.8 Å². The summed E-state index contributed by atoms with van der Waals surface area (Å²) < 4.78 is 30.0. The highest BCUT2D eigenvalue weighted by atomic mass is 32.2. The lowest BCUT2D eigenvalue weighted by atomic mass is 10.2. The van der Waals surface area contributed by atoms with Gasteiger partial charge in [0.05, 0.1) is 27.8 Å². The van der Waals surface area contributed by atoms with Gasteiger partial charge < -0.3 is 4.57 Å². The molecule has 152 valence electrons. The van der Waals surface area contributed by atoms with E-state index in [1.54, 1.807) is 48.7 Å². The molecular formula is C22H21N5O2S. The van der Waals surface area contributed by atoms with Gasteiger partial charge in [0.2, 0.25) is 5.95 Å². The van der Waals surface area contributed by atoms with Crippen LogP contribution in [0.5, 0.6) is 0 Å². The first-order valence-electron chi connectivity index (χ1n) is 9.33. The van der Waals surface area contributed by atoms with Crippen molar-refractivity contribution in [1.82, 2.24) is 9.55 Å². The number of fused-ring (bicyclic) bond motifs is 1. The maximum atomic E-state index is 12.7. The van der Waals surface area contributed by atoms with E-state index in [0.29, 0.717) is 17.2 Å². The Hall–Kier alpha value is -3.65. The Morgan fingerprint density at radius 2 is 1.67 bits per heavy atom. The number of anilines is 2. The maximum Gasteiger partial charge on any atom is 0.261 e. The molecule has 0 amide bonds. The third kappa shape index (κ3) is 4.04. The Morgan fingerprint density at radius 3 is 2.43 bits per heavy atom. The van der Waals surface area contributed by atoms with E-state index in [1.807, 2.05) is 48.9 Å². The molecule has 0 aliphatic carbocycles. The zero-order chi connectivity index (χ0) is 21.1. The molecule has 4 rings (SSSR count). The lowest BCUT2D eigenvalue weighted by Crippen LogP contribution is -2.14. The summed E-state index contributed by atoms with van der Waals surface area (Å²) in [7, 11) is -1.80. The van der Waals surface area contributed by atoms with E-state index in [2.05, 4.69) is 20.2 Å². The molecule has 4 aromatic rings. The molecule has 0 saturated heterocycles. The van der Waals surface area contributed by atoms with Crippen molar-refractivity contribution in [2.24, 2.45) is 12.1 Å². The SMILES string of the molecule is Cc1ccc(S(=O)(=O)Nc2ccccc2/C=N\Nc2nc3ccccc3n2C)cc1. The van der Waals surface area contributed by atoms with Gasteiger partial charge in [-0.15, -0.1) is 0 Å². The summed E-state index contributed by atoms with van der Waals surface area (Å²) in [4.78, 5) is 4.70. The van der Waals surface area contributed by atoms with Gasteiger partial charge in [-0.3, -0.25) is 4.72 Å². The largest absolute Gasteiger partial charge is 0.312 e. The van der Waals surface area contributed by atoms with Gasteiger partial charge in [0.15, 0.2) is 0 Å². The fourth-order valence-electron chi connectivity index (χ4n) is 3.03. The van der Waals surface area contributed by atoms with Crippen molar-refractivity contribution >= 4 is 38.9 Å². The molecule has 30 heavy (non-hydrogen) atoms. The molecule has 0 spiro atoms. The van der Waals surface area contributed by atoms with Crippen molar-refractivity contribution < 1.29 is 8.42 Å². The summed E-state index contributed by atoms with van der Waals surface area (Å²) in [5, 5.41) is 4.25. The van der Waals surface area contributed by atoms with Crippen LogP contribution in [0.2, 0.25) is 0 Å². The van der Waals surface area contributed by atoms with E-state index < -0.39 is 10.0 Å². The zero-order valence-electron chi connectivity index (χ0n) is 16.6. The summed E-state index contributed by atoms with van der Waals surface area (Å²) >= 11 is 0. The summed E-state index contributed by atoms with van der Waals surface area (Å²) in [5.74, 6) is 0.588. The fraction of sp³-hybridized carbons (Fsp3) is 0.0909. The molecule has 3 aromatic carbocycles. The molecule has 0 atom stereocenters. The lowest BCUT2D eigenvalue weighted by Gasteiger charge is -2.10. The smallest absolute Gasteiger partial charge is 0.261 e. The van der Waals surface area contributed by atoms with Crippen LogP contribution in [0.4, 0.5) is 11.6 Å². The molecule has 0 bridgehead atoms. The molecule has 0 unspecified atom stereocenters. The van der Waals surface area contributed by atoms with Gasteiger partial charge in [-0.1, -0.05) is 48.0 Å². The number of hydrogen-bond acceptors (Lipinski definition) is 5. The van der Waals surface area contributed by atoms with Crippen LogP contribution in [-0.2, 0) is 17.1 Å². The van der Waals surface area contributed by atoms with Crippen LogP contribution in [0.25, 0.3) is 11.0 Å². The van der Waals surface area contributed by atoms with Crippen LogP contribution in [0.3, 0.4) is 0 Å². The molecule has 8 heteroatoms. The number of aromatic nitrogens is 2. The Morgan fingerprint density at radius 1 is 0.967 bits per heavy atom. The monoisotopic (exact) mass is 419 g/mol. The number of para-hydroxylation sites is 3. The Balaban J connectivity index is 1.55. The summed E-state index contributed by atoms with van der Waals surface area (Å²) in [6, 6.07) is 21.6. The molecular weight excluding hydrogens is 398 g/mol. The lowest BCUT2D eigenvalue weighted by molar-refractivity contribution is 0.601. The van der Waals surface area contributed by atoms with E-state index in [4.69, 9.17) is 0 Å². The van der Waals surface area contributed by atoms with Gasteiger partial charge in [-0.2, -0.15) is 5.10 Å². The molecule has 0 aliphatic rings. The third-order valence-electron chi connectivity index (χ3n) is 4.69. The number of hydrogen-bond donors (Lipinski definition) is 2. The molecule has 2 N–H and O–H groups in total. The van der Waals surface area contributed by atoms with Crippen LogP contribution in [0.1, 0.15) is 11.1 Å². The van der Waals surface area contributed by atoms with Gasteiger partial charge >= 0.3 is 0 Å². The van der Waals surface area contributed by atoms with Crippen LogP contribution < -0.4 is 10.1 Å². The Bertz CT molecular complexity index is 1330. The second-order valence-electron chi connectivity index (χ2n) is 6.86. The van der Waals surface area contributed by atoms with Crippen molar-refractivity contribution in [2.75, 3.05) is 10.1 Å². The first kappa shape index (κ1) is 19.7. The van der Waals surface area contributed by atoms with Crippen LogP contribution in [0, 0.1) is 6.92 Å². The third-order valence-corrected chi connectivity index (χ3v) is 6.07. The normalized spacial score (nSPS) is 11.8. The van der Waals surface area contributed by atoms with Gasteiger partial charge in [0.25, 0.3) is 10.0 Å². The first-order chi connectivity index (χ1) is 14.4. The number of imidazole rings is 1. The molecule has 1 heterocycles. The number of sulfonamides is 1. The molecule has 1 aromatic heterocycles. The van der Waals surface area contributed by atoms with Crippen molar-refractivity contribution in [1.29, 1.82) is 0 Å². The van der Waals surface area contributed by atoms with E-state index in [0.717, 1.165) is 16.6 Å². The minimum Gasteiger partial charge on any atom is -0.312 e. The average Bonchev–Trinajstić information content (AvgIpc) is 3.05. The molecule has 0 radical (unpaired) electrons. The van der Waals surface area contributed by atoms with E-state index in [9.17, 15) is 8.42 Å². The minimum atomic E-state index is -3.70. The second-order valence-corrected chi connectivity index (χ2v) is 8.54. The highest BCUT2D eigenvalue weighted by molar-refractivity contribution is 7.92. The number of aryl methyl sites for hydroxylation is 2. The fourth-order valence-corrected chi connectivity index (χ4v) is 4.12. The average molecular weight is 420 g/mol. The predicted octanol–water partition coefficient (Wildman–Crippen LogP) is 4.13. The quantitative estimate of drug-likeness (QED) is 0.363. The number of benzene rings is 3. The topological polar surface area (TPSA) is 88.4 Å². The Kier molecular flexibility index (Phi) is 5.24. The van der Waals surface area contributed by atoms with E-state index in [-0.39, 0.29) is 4.90 Å². The molecule has 0 fully saturated rings. The highest BCUT2D eigenvalue weighted by Crippen LogP contribution is 2.20. The van der Waals surface area contributed by atoms with Crippen LogP contribution >= 0.6 is 0 Å². The van der Waals surface area contributed by atoms with Gasteiger partial charge in [0.1, 0.15) is 0 Å². The highest BCUT2D eigenvalue weighted by Gasteiger charge is 2.15. The zero-order valence-corrected chi connectivity index (χ0v) is 17.4. The maximum absolute atomic E-state index is 12.7. The number of nitrogens with one attached hydrogen (secondary N) is 2. The number of rotatable bonds is 6. The van der Waals surface area contributed by atoms with Crippen molar-refractivity contribution in [3.05, 3.63) is 83.9 Å². The summed E-state index contributed by atoms with van der Waals surface area (Å²) in [6.07, 6.45) is 1.56. The van der Waals surface area contributed by atoms with Crippen molar-refractivity contribution in [3.8, 4) is 0 Å². The molecule has 0 saturated carbocycles. The van der Waals surface area contributed by atoms with Crippen LogP contribution in [-0.4, -0.2) is 24.2 Å². The first-order valence-corrected chi connectivity index (χ1v) is 10.8. The number of nitrogens with zero attached hydrogens (tertiary/aromatic N) is 3. The molecule has 0 aliphatic heterocycles. The van der Waals surface area contributed by atoms with Crippen molar-refractivity contribution in [3.63, 3.8) is 0 Å². The summed E-state index contributed by atoms with van der Waals surface area (Å²) in [5.41, 5.74) is 6.83. The standard InChI is InChI=1S/C22H21N5O2S/c1-16-11-13-18(14-12-16)30(28,29)26-19-8-4-3-7-17(19)15-23-25-22-24-20-9-5-6-10-21(20)27(22)2/h3-15,26H,1-2H3,(H,24,25)/b23-15-. The second kappa shape index (κ2) is 8.00. The molecule has 7 nitrogen and oxygen atoms in total. The summed E-state index contributed by atoms with van der Waals surface area (Å²) in [6.45, 7) is 1.91. The number of hydrazone groups is 1. The Labute approximate surface area is 175 Å². The van der Waals surface area contributed by atoms with Gasteiger partial charge in [0, 0.05) is 12.6 Å². The predicted molar refractivity (Wildman–Crippen MR) is 120 cm³/mol. The minimum absolute atomic E-state index is 0.206. The van der Waals surface area contributed by atoms with Crippen LogP contribution in [0.15, 0.2) is 82.8 Å². The van der Waals surface area contributed by atoms with E-state index in [1.165, 1.54) is 0 Å².